The van der Waals surface area contributed by atoms with Gasteiger partial charge in [-0.3, -0.25) is 0 Å². The first kappa shape index (κ1) is 9.72. The quantitative estimate of drug-likeness (QED) is 0.697. The molecule has 0 saturated carbocycles. The van der Waals surface area contributed by atoms with Gasteiger partial charge in [0.05, 0.1) is 24.8 Å². The molecule has 0 aliphatic heterocycles. The molecule has 3 heteroatoms. The molecule has 1 aromatic rings. The minimum absolute atomic E-state index is 0.521. The van der Waals surface area contributed by atoms with Gasteiger partial charge in [-0.15, -0.1) is 0 Å². The fourth-order valence-electron chi connectivity index (χ4n) is 1.00. The molecule has 0 radical (unpaired) electrons. The van der Waals surface area contributed by atoms with Crippen molar-refractivity contribution in [1.82, 2.24) is 0 Å². The lowest BCUT2D eigenvalue weighted by molar-refractivity contribution is 0.128. The molecule has 1 aromatic carbocycles. The second-order valence-corrected chi connectivity index (χ2v) is 2.65. The van der Waals surface area contributed by atoms with Gasteiger partial charge in [0.2, 0.25) is 0 Å². The lowest BCUT2D eigenvalue weighted by atomic mass is 10.1. The summed E-state index contributed by atoms with van der Waals surface area (Å²) in [4.78, 5) is 0. The van der Waals surface area contributed by atoms with E-state index in [0.717, 1.165) is 5.56 Å². The zero-order valence-corrected chi connectivity index (χ0v) is 7.36. The second-order valence-electron chi connectivity index (χ2n) is 2.65. The average molecular weight is 176 g/mol. The Morgan fingerprint density at radius 3 is 3.00 bits per heavy atom. The van der Waals surface area contributed by atoms with Gasteiger partial charge >= 0.3 is 0 Å². The number of nitrogens with two attached hydrogens (primary N) is 1. The van der Waals surface area contributed by atoms with E-state index in [1.807, 2.05) is 18.2 Å². The van der Waals surface area contributed by atoms with E-state index in [4.69, 9.17) is 15.7 Å². The lowest BCUT2D eigenvalue weighted by Crippen LogP contribution is -2.08. The summed E-state index contributed by atoms with van der Waals surface area (Å²) >= 11 is 0. The van der Waals surface area contributed by atoms with E-state index < -0.39 is 0 Å². The van der Waals surface area contributed by atoms with Gasteiger partial charge in [0.1, 0.15) is 0 Å². The Bertz CT molecular complexity index is 304. The third-order valence-corrected chi connectivity index (χ3v) is 1.59. The molecule has 68 valence electrons. The number of rotatable bonds is 4. The van der Waals surface area contributed by atoms with Gasteiger partial charge < -0.3 is 10.5 Å². The molecule has 0 heterocycles. The van der Waals surface area contributed by atoms with Crippen molar-refractivity contribution in [3.8, 4) is 6.07 Å². The molecule has 0 atom stereocenters. The van der Waals surface area contributed by atoms with E-state index in [9.17, 15) is 0 Å². The van der Waals surface area contributed by atoms with Gasteiger partial charge in [-0.1, -0.05) is 12.1 Å². The predicted octanol–water partition coefficient (Wildman–Crippen LogP) is 1.03. The van der Waals surface area contributed by atoms with Crippen molar-refractivity contribution in [3.63, 3.8) is 0 Å². The third kappa shape index (κ3) is 3.24. The topological polar surface area (TPSA) is 59.0 Å². The van der Waals surface area contributed by atoms with Crippen molar-refractivity contribution in [3.05, 3.63) is 35.4 Å². The van der Waals surface area contributed by atoms with Gasteiger partial charge in [-0.05, 0) is 17.7 Å². The predicted molar refractivity (Wildman–Crippen MR) is 49.9 cm³/mol. The summed E-state index contributed by atoms with van der Waals surface area (Å²) < 4.78 is 5.23. The van der Waals surface area contributed by atoms with Crippen LogP contribution in [0.4, 0.5) is 0 Å². The van der Waals surface area contributed by atoms with E-state index in [0.29, 0.717) is 25.3 Å². The molecule has 13 heavy (non-hydrogen) atoms. The van der Waals surface area contributed by atoms with E-state index in [-0.39, 0.29) is 0 Å². The van der Waals surface area contributed by atoms with Gasteiger partial charge in [-0.2, -0.15) is 5.26 Å². The number of benzene rings is 1. The molecule has 3 nitrogen and oxygen atoms in total. The fourth-order valence-corrected chi connectivity index (χ4v) is 1.00. The van der Waals surface area contributed by atoms with Crippen LogP contribution in [0.2, 0.25) is 0 Å². The van der Waals surface area contributed by atoms with Crippen LogP contribution in [-0.2, 0) is 11.3 Å². The zero-order chi connectivity index (χ0) is 9.52. The van der Waals surface area contributed by atoms with Gasteiger partial charge in [-0.25, -0.2) is 0 Å². The first-order chi connectivity index (χ1) is 6.36. The Balaban J connectivity index is 2.52. The molecule has 0 fully saturated rings. The van der Waals surface area contributed by atoms with Crippen LogP contribution in [0.25, 0.3) is 0 Å². The number of nitriles is 1. The lowest BCUT2D eigenvalue weighted by Gasteiger charge is -2.02. The van der Waals surface area contributed by atoms with E-state index in [2.05, 4.69) is 6.07 Å². The van der Waals surface area contributed by atoms with Crippen molar-refractivity contribution < 1.29 is 4.74 Å². The van der Waals surface area contributed by atoms with E-state index in [1.54, 1.807) is 6.07 Å². The minimum Gasteiger partial charge on any atom is -0.375 e. The molecular weight excluding hydrogens is 164 g/mol. The molecule has 0 unspecified atom stereocenters. The van der Waals surface area contributed by atoms with Gasteiger partial charge in [0.25, 0.3) is 0 Å². The third-order valence-electron chi connectivity index (χ3n) is 1.59. The summed E-state index contributed by atoms with van der Waals surface area (Å²) in [5.74, 6) is 0. The summed E-state index contributed by atoms with van der Waals surface area (Å²) in [6, 6.07) is 9.44. The van der Waals surface area contributed by atoms with Crippen LogP contribution in [0.15, 0.2) is 24.3 Å². The van der Waals surface area contributed by atoms with Crippen LogP contribution in [0.3, 0.4) is 0 Å². The average Bonchev–Trinajstić information content (AvgIpc) is 2.19. The maximum atomic E-state index is 8.62. The van der Waals surface area contributed by atoms with E-state index >= 15 is 0 Å². The molecule has 0 saturated heterocycles. The van der Waals surface area contributed by atoms with Crippen LogP contribution in [0.1, 0.15) is 11.1 Å². The molecule has 1 rings (SSSR count). The Morgan fingerprint density at radius 1 is 1.46 bits per heavy atom. The normalized spacial score (nSPS) is 9.54. The molecule has 0 spiro atoms. The van der Waals surface area contributed by atoms with Crippen LogP contribution < -0.4 is 5.73 Å². The van der Waals surface area contributed by atoms with Gasteiger partial charge in [0.15, 0.2) is 0 Å². The van der Waals surface area contributed by atoms with Crippen molar-refractivity contribution in [2.45, 2.75) is 6.61 Å². The molecule has 0 aliphatic carbocycles. The van der Waals surface area contributed by atoms with Crippen molar-refractivity contribution in [1.29, 1.82) is 5.26 Å². The maximum absolute atomic E-state index is 8.62. The number of hydrogen-bond acceptors (Lipinski definition) is 3. The molecule has 0 aliphatic rings. The fraction of sp³-hybridized carbons (Fsp3) is 0.300. The summed E-state index contributed by atoms with van der Waals surface area (Å²) in [7, 11) is 0. The van der Waals surface area contributed by atoms with E-state index in [1.165, 1.54) is 0 Å². The molecule has 0 aromatic heterocycles. The number of ether oxygens (including phenoxy) is 1. The summed E-state index contributed by atoms with van der Waals surface area (Å²) in [6.07, 6.45) is 0. The van der Waals surface area contributed by atoms with Gasteiger partial charge in [0, 0.05) is 6.54 Å². The van der Waals surface area contributed by atoms with Crippen molar-refractivity contribution in [2.75, 3.05) is 13.2 Å². The second kappa shape index (κ2) is 5.31. The Labute approximate surface area is 77.7 Å². The SMILES string of the molecule is N#Cc1cccc(COCCN)c1. The monoisotopic (exact) mass is 176 g/mol. The highest BCUT2D eigenvalue weighted by Gasteiger charge is 1.94. The number of nitrogens with zero attached hydrogens (tertiary/aromatic N) is 1. The van der Waals surface area contributed by atoms with Crippen LogP contribution >= 0.6 is 0 Å². The Morgan fingerprint density at radius 2 is 2.31 bits per heavy atom. The first-order valence-electron chi connectivity index (χ1n) is 4.13. The molecule has 0 amide bonds. The van der Waals surface area contributed by atoms with Crippen molar-refractivity contribution in [2.24, 2.45) is 5.73 Å². The summed E-state index contributed by atoms with van der Waals surface area (Å²) in [6.45, 7) is 1.60. The highest BCUT2D eigenvalue weighted by molar-refractivity contribution is 5.32. The van der Waals surface area contributed by atoms with Crippen LogP contribution in [-0.4, -0.2) is 13.2 Å². The molecule has 0 bridgehead atoms. The largest absolute Gasteiger partial charge is 0.375 e. The highest BCUT2D eigenvalue weighted by atomic mass is 16.5. The Hall–Kier alpha value is -1.37. The summed E-state index contributed by atoms with van der Waals surface area (Å²) in [5.41, 5.74) is 6.94. The van der Waals surface area contributed by atoms with Crippen LogP contribution in [0, 0.1) is 11.3 Å². The minimum atomic E-state index is 0.521. The molecule has 2 N–H and O–H groups in total. The maximum Gasteiger partial charge on any atom is 0.0991 e. The van der Waals surface area contributed by atoms with Crippen molar-refractivity contribution >= 4 is 0 Å². The summed E-state index contributed by atoms with van der Waals surface area (Å²) in [5, 5.41) is 8.62. The standard InChI is InChI=1S/C10H12N2O/c11-4-5-13-8-10-3-1-2-9(6-10)7-12/h1-3,6H,4-5,8,11H2. The molecular formula is C10H12N2O. The Kier molecular flexibility index (Phi) is 3.97. The smallest absolute Gasteiger partial charge is 0.0991 e. The highest BCUT2D eigenvalue weighted by Crippen LogP contribution is 2.04. The van der Waals surface area contributed by atoms with Crippen LogP contribution in [0.5, 0.6) is 0 Å². The number of hydrogen-bond donors (Lipinski definition) is 1. The first-order valence-corrected chi connectivity index (χ1v) is 4.13. The zero-order valence-electron chi connectivity index (χ0n) is 7.36.